The van der Waals surface area contributed by atoms with Crippen LogP contribution in [0, 0.1) is 11.3 Å². The summed E-state index contributed by atoms with van der Waals surface area (Å²) in [5.74, 6) is -0.184. The van der Waals surface area contributed by atoms with Crippen molar-refractivity contribution in [3.8, 4) is 6.07 Å². The van der Waals surface area contributed by atoms with Crippen LogP contribution in [0.25, 0.3) is 0 Å². The van der Waals surface area contributed by atoms with Crippen LogP contribution >= 0.6 is 11.8 Å². The molecule has 2 aromatic rings. The molecule has 3 rings (SSSR count). The number of nitriles is 1. The molecular formula is C21H24N5O2S+. The van der Waals surface area contributed by atoms with Crippen molar-refractivity contribution in [2.45, 2.75) is 4.90 Å². The standard InChI is InChI=1S/C21H23N5O2S/c1-25-9-11-26(12-10-25)24-21(28)18-7-2-3-8-19(18)29-15-20(27)23-17-6-4-5-16(13-17)14-22/h2-8,13H,9-12,15H2,1H3,(H,23,27)(H,24,28)/p+1. The molecule has 0 atom stereocenters. The molecule has 0 bridgehead atoms. The van der Waals surface area contributed by atoms with Crippen molar-refractivity contribution in [3.05, 3.63) is 59.7 Å². The summed E-state index contributed by atoms with van der Waals surface area (Å²) in [5, 5.41) is 13.7. The monoisotopic (exact) mass is 410 g/mol. The smallest absolute Gasteiger partial charge is 0.266 e. The van der Waals surface area contributed by atoms with Crippen molar-refractivity contribution in [1.29, 1.82) is 5.26 Å². The zero-order valence-electron chi connectivity index (χ0n) is 16.3. The molecule has 29 heavy (non-hydrogen) atoms. The Labute approximate surface area is 174 Å². The summed E-state index contributed by atoms with van der Waals surface area (Å²) in [6.45, 7) is 3.61. The van der Waals surface area contributed by atoms with Gasteiger partial charge in [0.1, 0.15) is 0 Å². The maximum absolute atomic E-state index is 12.7. The number of piperazine rings is 1. The number of carbonyl (C=O) groups excluding carboxylic acids is 2. The Morgan fingerprint density at radius 1 is 1.17 bits per heavy atom. The van der Waals surface area contributed by atoms with Crippen LogP contribution in [0.2, 0.25) is 0 Å². The number of nitrogens with zero attached hydrogens (tertiary/aromatic N) is 2. The Bertz CT molecular complexity index is 919. The van der Waals surface area contributed by atoms with E-state index in [4.69, 9.17) is 5.26 Å². The fraction of sp³-hybridized carbons (Fsp3) is 0.286. The lowest BCUT2D eigenvalue weighted by atomic mass is 10.2. The number of thioether (sulfide) groups is 1. The number of hydrogen-bond donors (Lipinski definition) is 3. The van der Waals surface area contributed by atoms with E-state index in [9.17, 15) is 9.59 Å². The number of hydrazine groups is 1. The Morgan fingerprint density at radius 2 is 1.93 bits per heavy atom. The number of anilines is 1. The summed E-state index contributed by atoms with van der Waals surface area (Å²) < 4.78 is 0. The second-order valence-electron chi connectivity index (χ2n) is 6.91. The third-order valence-electron chi connectivity index (χ3n) is 4.64. The molecule has 2 aromatic carbocycles. The number of carbonyl (C=O) groups is 2. The van der Waals surface area contributed by atoms with E-state index < -0.39 is 0 Å². The van der Waals surface area contributed by atoms with Gasteiger partial charge in [0.25, 0.3) is 5.91 Å². The van der Waals surface area contributed by atoms with E-state index in [1.54, 1.807) is 30.3 Å². The van der Waals surface area contributed by atoms with Gasteiger partial charge in [0.15, 0.2) is 0 Å². The lowest BCUT2D eigenvalue weighted by Gasteiger charge is -2.30. The van der Waals surface area contributed by atoms with Crippen molar-refractivity contribution in [1.82, 2.24) is 10.4 Å². The van der Waals surface area contributed by atoms with E-state index in [0.717, 1.165) is 31.1 Å². The van der Waals surface area contributed by atoms with Crippen LogP contribution in [-0.2, 0) is 4.79 Å². The lowest BCUT2D eigenvalue weighted by molar-refractivity contribution is -0.884. The molecule has 0 aromatic heterocycles. The molecule has 150 valence electrons. The fourth-order valence-corrected chi connectivity index (χ4v) is 3.84. The van der Waals surface area contributed by atoms with Gasteiger partial charge in [-0.1, -0.05) is 18.2 Å². The molecule has 1 saturated heterocycles. The third kappa shape index (κ3) is 6.06. The molecule has 1 heterocycles. The summed E-state index contributed by atoms with van der Waals surface area (Å²) >= 11 is 1.31. The third-order valence-corrected chi connectivity index (χ3v) is 5.72. The molecule has 0 spiro atoms. The van der Waals surface area contributed by atoms with Gasteiger partial charge >= 0.3 is 0 Å². The van der Waals surface area contributed by atoms with Gasteiger partial charge in [0, 0.05) is 10.6 Å². The molecule has 3 N–H and O–H groups in total. The zero-order valence-corrected chi connectivity index (χ0v) is 17.1. The van der Waals surface area contributed by atoms with E-state index in [-0.39, 0.29) is 17.6 Å². The van der Waals surface area contributed by atoms with E-state index in [1.807, 2.05) is 29.3 Å². The number of amides is 2. The number of nitrogens with one attached hydrogen (secondary N) is 3. The molecule has 1 aliphatic rings. The second kappa shape index (κ2) is 10.1. The van der Waals surface area contributed by atoms with Crippen molar-refractivity contribution >= 4 is 29.3 Å². The van der Waals surface area contributed by atoms with E-state index in [2.05, 4.69) is 17.8 Å². The minimum atomic E-state index is -0.192. The van der Waals surface area contributed by atoms with E-state index in [0.29, 0.717) is 16.8 Å². The van der Waals surface area contributed by atoms with Gasteiger partial charge in [-0.05, 0) is 30.3 Å². The van der Waals surface area contributed by atoms with Gasteiger partial charge in [0.05, 0.1) is 56.2 Å². The van der Waals surface area contributed by atoms with Crippen LogP contribution in [0.15, 0.2) is 53.4 Å². The number of quaternary nitrogens is 1. The highest BCUT2D eigenvalue weighted by Crippen LogP contribution is 2.23. The summed E-state index contributed by atoms with van der Waals surface area (Å²) in [4.78, 5) is 27.2. The largest absolute Gasteiger partial charge is 0.335 e. The van der Waals surface area contributed by atoms with Crippen molar-refractivity contribution < 1.29 is 14.5 Å². The Balaban J connectivity index is 1.57. The molecule has 0 unspecified atom stereocenters. The number of rotatable bonds is 6. The van der Waals surface area contributed by atoms with Gasteiger partial charge in [-0.15, -0.1) is 11.8 Å². The minimum Gasteiger partial charge on any atom is -0.335 e. The lowest BCUT2D eigenvalue weighted by Crippen LogP contribution is -3.12. The Kier molecular flexibility index (Phi) is 7.25. The number of benzene rings is 2. The summed E-state index contributed by atoms with van der Waals surface area (Å²) in [6.07, 6.45) is 0. The van der Waals surface area contributed by atoms with Crippen LogP contribution in [-0.4, -0.2) is 55.8 Å². The van der Waals surface area contributed by atoms with E-state index >= 15 is 0 Å². The summed E-state index contributed by atoms with van der Waals surface area (Å²) in [5.41, 5.74) is 4.60. The van der Waals surface area contributed by atoms with Crippen LogP contribution in [0.4, 0.5) is 5.69 Å². The number of hydrogen-bond acceptors (Lipinski definition) is 5. The molecule has 0 saturated carbocycles. The average Bonchev–Trinajstić information content (AvgIpc) is 2.74. The molecule has 0 aliphatic carbocycles. The highest BCUT2D eigenvalue weighted by Gasteiger charge is 2.20. The summed E-state index contributed by atoms with van der Waals surface area (Å²) in [6, 6.07) is 16.1. The van der Waals surface area contributed by atoms with Crippen LogP contribution in [0.1, 0.15) is 15.9 Å². The molecule has 1 fully saturated rings. The maximum atomic E-state index is 12.7. The first-order valence-electron chi connectivity index (χ1n) is 9.44. The van der Waals surface area contributed by atoms with E-state index in [1.165, 1.54) is 16.7 Å². The molecular weight excluding hydrogens is 386 g/mol. The van der Waals surface area contributed by atoms with Gasteiger partial charge in [-0.3, -0.25) is 15.0 Å². The molecule has 1 aliphatic heterocycles. The summed E-state index contributed by atoms with van der Waals surface area (Å²) in [7, 11) is 2.15. The molecule has 7 nitrogen and oxygen atoms in total. The quantitative estimate of drug-likeness (QED) is 0.612. The zero-order chi connectivity index (χ0) is 20.6. The fourth-order valence-electron chi connectivity index (χ4n) is 2.99. The molecule has 2 amide bonds. The first-order chi connectivity index (χ1) is 14.0. The van der Waals surface area contributed by atoms with Gasteiger partial charge in [0.2, 0.25) is 5.91 Å². The van der Waals surface area contributed by atoms with Gasteiger partial charge in [-0.25, -0.2) is 5.01 Å². The van der Waals surface area contributed by atoms with Crippen molar-refractivity contribution in [2.75, 3.05) is 44.3 Å². The van der Waals surface area contributed by atoms with Gasteiger partial charge < -0.3 is 10.2 Å². The average molecular weight is 411 g/mol. The van der Waals surface area contributed by atoms with Crippen LogP contribution in [0.3, 0.4) is 0 Å². The SMILES string of the molecule is C[NH+]1CCN(NC(=O)c2ccccc2SCC(=O)Nc2cccc(C#N)c2)CC1. The first-order valence-corrected chi connectivity index (χ1v) is 10.4. The Hall–Kier alpha value is -2.86. The highest BCUT2D eigenvalue weighted by molar-refractivity contribution is 8.00. The topological polar surface area (TPSA) is 89.7 Å². The number of likely N-dealkylation sites (N-methyl/N-ethyl adjacent to an activating group) is 1. The Morgan fingerprint density at radius 3 is 2.69 bits per heavy atom. The van der Waals surface area contributed by atoms with Crippen LogP contribution < -0.4 is 15.6 Å². The minimum absolute atomic E-state index is 0.158. The predicted molar refractivity (Wildman–Crippen MR) is 113 cm³/mol. The van der Waals surface area contributed by atoms with Crippen LogP contribution in [0.5, 0.6) is 0 Å². The predicted octanol–water partition coefficient (Wildman–Crippen LogP) is 0.764. The normalized spacial score (nSPS) is 14.8. The first kappa shape index (κ1) is 20.9. The molecule has 8 heteroatoms. The maximum Gasteiger partial charge on any atom is 0.266 e. The van der Waals surface area contributed by atoms with Gasteiger partial charge in [-0.2, -0.15) is 5.26 Å². The molecule has 0 radical (unpaired) electrons. The highest BCUT2D eigenvalue weighted by atomic mass is 32.2. The van der Waals surface area contributed by atoms with Crippen molar-refractivity contribution in [2.24, 2.45) is 0 Å². The second-order valence-corrected chi connectivity index (χ2v) is 7.93. The van der Waals surface area contributed by atoms with Crippen molar-refractivity contribution in [3.63, 3.8) is 0 Å².